The molecule has 0 spiro atoms. The Morgan fingerprint density at radius 2 is 1.73 bits per heavy atom. The van der Waals surface area contributed by atoms with E-state index in [4.69, 9.17) is 0 Å². The number of aromatic amines is 1. The molecule has 3 heteroatoms. The number of hydrogen-bond acceptors (Lipinski definition) is 1. The van der Waals surface area contributed by atoms with Gasteiger partial charge in [-0.3, -0.25) is 4.79 Å². The van der Waals surface area contributed by atoms with Gasteiger partial charge < -0.3 is 10.3 Å². The fraction of sp³-hybridized carbons (Fsp3) is 0.211. The van der Waals surface area contributed by atoms with Crippen molar-refractivity contribution in [3.63, 3.8) is 0 Å². The molecule has 22 heavy (non-hydrogen) atoms. The second kappa shape index (κ2) is 6.94. The normalized spacial score (nSPS) is 10.7. The molecular formula is C19H20N2O. The molecule has 0 aliphatic heterocycles. The van der Waals surface area contributed by atoms with Crippen LogP contribution < -0.4 is 5.32 Å². The lowest BCUT2D eigenvalue weighted by Gasteiger charge is -2.04. The third-order valence-corrected chi connectivity index (χ3v) is 3.78. The van der Waals surface area contributed by atoms with Gasteiger partial charge >= 0.3 is 0 Å². The van der Waals surface area contributed by atoms with Gasteiger partial charge in [0.15, 0.2) is 0 Å². The number of aryl methyl sites for hydroxylation is 1. The van der Waals surface area contributed by atoms with Gasteiger partial charge in [-0.05, 0) is 48.9 Å². The molecule has 3 nitrogen and oxygen atoms in total. The number of hydrogen-bond donors (Lipinski definition) is 2. The third-order valence-electron chi connectivity index (χ3n) is 3.78. The maximum Gasteiger partial charge on any atom is 0.251 e. The molecule has 0 fully saturated rings. The highest BCUT2D eigenvalue weighted by Gasteiger charge is 2.03. The van der Waals surface area contributed by atoms with E-state index in [-0.39, 0.29) is 5.91 Å². The fourth-order valence-electron chi connectivity index (χ4n) is 2.60. The highest BCUT2D eigenvalue weighted by molar-refractivity contribution is 5.94. The molecule has 0 unspecified atom stereocenters. The summed E-state index contributed by atoms with van der Waals surface area (Å²) in [5.74, 6) is 0.00575. The van der Waals surface area contributed by atoms with Gasteiger partial charge in [0.2, 0.25) is 0 Å². The summed E-state index contributed by atoms with van der Waals surface area (Å²) in [6, 6.07) is 19.9. The molecule has 0 aliphatic carbocycles. The van der Waals surface area contributed by atoms with Crippen molar-refractivity contribution in [2.24, 2.45) is 0 Å². The lowest BCUT2D eigenvalue weighted by molar-refractivity contribution is 0.0953. The van der Waals surface area contributed by atoms with Crippen LogP contribution in [0.3, 0.4) is 0 Å². The number of aromatic nitrogens is 1. The van der Waals surface area contributed by atoms with E-state index in [9.17, 15) is 4.79 Å². The highest BCUT2D eigenvalue weighted by atomic mass is 16.1. The zero-order chi connectivity index (χ0) is 15.2. The van der Waals surface area contributed by atoms with E-state index in [1.54, 1.807) is 0 Å². The molecular weight excluding hydrogens is 272 g/mol. The average molecular weight is 292 g/mol. The second-order valence-electron chi connectivity index (χ2n) is 5.46. The Bertz CT molecular complexity index is 713. The highest BCUT2D eigenvalue weighted by Crippen LogP contribution is 2.15. The summed E-state index contributed by atoms with van der Waals surface area (Å²) < 4.78 is 0. The van der Waals surface area contributed by atoms with Gasteiger partial charge in [0.05, 0.1) is 0 Å². The minimum atomic E-state index is 0.00575. The standard InChI is InChI=1S/C19H20N2O/c22-19(15-8-2-1-3-9-15)20-13-7-6-11-17-14-16-10-4-5-12-18(16)21-17/h1-5,8-10,12,14,21H,6-7,11,13H2,(H,20,22). The molecule has 112 valence electrons. The van der Waals surface area contributed by atoms with Crippen molar-refractivity contribution >= 4 is 16.8 Å². The first-order valence-corrected chi connectivity index (χ1v) is 7.73. The van der Waals surface area contributed by atoms with E-state index in [1.807, 2.05) is 36.4 Å². The molecule has 1 heterocycles. The van der Waals surface area contributed by atoms with Crippen LogP contribution in [-0.2, 0) is 6.42 Å². The lowest BCUT2D eigenvalue weighted by atomic mass is 10.1. The summed E-state index contributed by atoms with van der Waals surface area (Å²) in [4.78, 5) is 15.3. The van der Waals surface area contributed by atoms with Crippen molar-refractivity contribution in [3.05, 3.63) is 71.9 Å². The molecule has 3 rings (SSSR count). The number of unbranched alkanes of at least 4 members (excludes halogenated alkanes) is 1. The number of para-hydroxylation sites is 1. The van der Waals surface area contributed by atoms with Gasteiger partial charge in [-0.1, -0.05) is 36.4 Å². The van der Waals surface area contributed by atoms with Crippen molar-refractivity contribution < 1.29 is 4.79 Å². The summed E-state index contributed by atoms with van der Waals surface area (Å²) >= 11 is 0. The number of benzene rings is 2. The number of rotatable bonds is 6. The molecule has 0 saturated carbocycles. The van der Waals surface area contributed by atoms with Crippen LogP contribution in [0.1, 0.15) is 28.9 Å². The SMILES string of the molecule is O=C(NCCCCc1cc2ccccc2[nH]1)c1ccccc1. The third kappa shape index (κ3) is 3.55. The predicted molar refractivity (Wildman–Crippen MR) is 90.0 cm³/mol. The van der Waals surface area contributed by atoms with Crippen LogP contribution in [0, 0.1) is 0 Å². The largest absolute Gasteiger partial charge is 0.358 e. The Balaban J connectivity index is 1.41. The van der Waals surface area contributed by atoms with E-state index in [0.717, 1.165) is 24.8 Å². The smallest absolute Gasteiger partial charge is 0.251 e. The Morgan fingerprint density at radius 3 is 2.55 bits per heavy atom. The van der Waals surface area contributed by atoms with Gasteiger partial charge in [0.1, 0.15) is 0 Å². The van der Waals surface area contributed by atoms with Gasteiger partial charge in [-0.15, -0.1) is 0 Å². The van der Waals surface area contributed by atoms with Crippen molar-refractivity contribution in [2.45, 2.75) is 19.3 Å². The minimum absolute atomic E-state index is 0.00575. The summed E-state index contributed by atoms with van der Waals surface area (Å²) in [5.41, 5.74) is 3.17. The van der Waals surface area contributed by atoms with E-state index in [2.05, 4.69) is 34.6 Å². The number of nitrogens with one attached hydrogen (secondary N) is 2. The average Bonchev–Trinajstić information content (AvgIpc) is 2.98. The van der Waals surface area contributed by atoms with Crippen LogP contribution in [0.15, 0.2) is 60.7 Å². The predicted octanol–water partition coefficient (Wildman–Crippen LogP) is 3.92. The molecule has 2 N–H and O–H groups in total. The van der Waals surface area contributed by atoms with E-state index in [0.29, 0.717) is 6.54 Å². The number of H-pyrrole nitrogens is 1. The van der Waals surface area contributed by atoms with Gasteiger partial charge in [0, 0.05) is 23.3 Å². The van der Waals surface area contributed by atoms with Crippen molar-refractivity contribution in [1.29, 1.82) is 0 Å². The number of carbonyl (C=O) groups excluding carboxylic acids is 1. The van der Waals surface area contributed by atoms with Crippen molar-refractivity contribution in [3.8, 4) is 0 Å². The summed E-state index contributed by atoms with van der Waals surface area (Å²) in [7, 11) is 0. The van der Waals surface area contributed by atoms with Crippen LogP contribution in [0.5, 0.6) is 0 Å². The fourth-order valence-corrected chi connectivity index (χ4v) is 2.60. The minimum Gasteiger partial charge on any atom is -0.358 e. The quantitative estimate of drug-likeness (QED) is 0.664. The van der Waals surface area contributed by atoms with Gasteiger partial charge in [-0.25, -0.2) is 0 Å². The molecule has 2 aromatic carbocycles. The van der Waals surface area contributed by atoms with Gasteiger partial charge in [0.25, 0.3) is 5.91 Å². The maximum absolute atomic E-state index is 11.9. The molecule has 1 amide bonds. The molecule has 0 radical (unpaired) electrons. The summed E-state index contributed by atoms with van der Waals surface area (Å²) in [5, 5.41) is 4.22. The Kier molecular flexibility index (Phi) is 4.54. The topological polar surface area (TPSA) is 44.9 Å². The number of fused-ring (bicyclic) bond motifs is 1. The molecule has 0 saturated heterocycles. The Hall–Kier alpha value is -2.55. The zero-order valence-electron chi connectivity index (χ0n) is 12.5. The van der Waals surface area contributed by atoms with Crippen LogP contribution in [-0.4, -0.2) is 17.4 Å². The lowest BCUT2D eigenvalue weighted by Crippen LogP contribution is -2.24. The van der Waals surface area contributed by atoms with Crippen LogP contribution in [0.25, 0.3) is 10.9 Å². The van der Waals surface area contributed by atoms with Crippen LogP contribution in [0.2, 0.25) is 0 Å². The molecule has 3 aromatic rings. The van der Waals surface area contributed by atoms with E-state index < -0.39 is 0 Å². The first kappa shape index (κ1) is 14.4. The monoisotopic (exact) mass is 292 g/mol. The maximum atomic E-state index is 11.9. The molecule has 0 bridgehead atoms. The molecule has 0 aliphatic rings. The Labute approximate surface area is 130 Å². The van der Waals surface area contributed by atoms with Crippen molar-refractivity contribution in [1.82, 2.24) is 10.3 Å². The molecule has 0 atom stereocenters. The van der Waals surface area contributed by atoms with E-state index in [1.165, 1.54) is 16.6 Å². The number of carbonyl (C=O) groups is 1. The van der Waals surface area contributed by atoms with Gasteiger partial charge in [-0.2, -0.15) is 0 Å². The summed E-state index contributed by atoms with van der Waals surface area (Å²) in [6.45, 7) is 0.716. The van der Waals surface area contributed by atoms with Crippen LogP contribution in [0.4, 0.5) is 0 Å². The molecule has 1 aromatic heterocycles. The Morgan fingerprint density at radius 1 is 0.955 bits per heavy atom. The first-order chi connectivity index (χ1) is 10.8. The second-order valence-corrected chi connectivity index (χ2v) is 5.46. The van der Waals surface area contributed by atoms with Crippen molar-refractivity contribution in [2.75, 3.05) is 6.54 Å². The van der Waals surface area contributed by atoms with E-state index >= 15 is 0 Å². The van der Waals surface area contributed by atoms with Crippen LogP contribution >= 0.6 is 0 Å². The zero-order valence-corrected chi connectivity index (χ0v) is 12.5. The number of amides is 1. The summed E-state index contributed by atoms with van der Waals surface area (Å²) in [6.07, 6.45) is 3.05. The first-order valence-electron chi connectivity index (χ1n) is 7.73.